The van der Waals surface area contributed by atoms with Crippen LogP contribution in [-0.2, 0) is 0 Å². The van der Waals surface area contributed by atoms with Gasteiger partial charge in [0.15, 0.2) is 6.61 Å². The van der Waals surface area contributed by atoms with Crippen molar-refractivity contribution in [2.75, 3.05) is 13.2 Å². The highest BCUT2D eigenvalue weighted by atomic mass is 19.3. The Labute approximate surface area is 109 Å². The van der Waals surface area contributed by atoms with E-state index in [1.807, 2.05) is 0 Å². The quantitative estimate of drug-likeness (QED) is 0.784. The van der Waals surface area contributed by atoms with Crippen molar-refractivity contribution >= 4 is 5.91 Å². The summed E-state index contributed by atoms with van der Waals surface area (Å²) in [5.41, 5.74) is 0.268. The van der Waals surface area contributed by atoms with Crippen LogP contribution >= 0.6 is 0 Å². The maximum Gasteiger partial charge on any atom is 0.272 e. The van der Waals surface area contributed by atoms with E-state index in [-0.39, 0.29) is 17.4 Å². The van der Waals surface area contributed by atoms with Gasteiger partial charge in [-0.1, -0.05) is 0 Å². The summed E-state index contributed by atoms with van der Waals surface area (Å²) < 4.78 is 28.7. The number of hydrogen-bond acceptors (Lipinski definition) is 4. The summed E-state index contributed by atoms with van der Waals surface area (Å²) in [7, 11) is 0. The fourth-order valence-corrected chi connectivity index (χ4v) is 1.27. The molecule has 0 saturated heterocycles. The summed E-state index contributed by atoms with van der Waals surface area (Å²) in [4.78, 5) is 15.4. The van der Waals surface area contributed by atoms with Crippen LogP contribution in [0.2, 0.25) is 0 Å². The van der Waals surface area contributed by atoms with Crippen LogP contribution in [0.1, 0.15) is 23.7 Å². The maximum atomic E-state index is 12.0. The molecule has 1 atom stereocenters. The van der Waals surface area contributed by atoms with Crippen LogP contribution in [0.5, 0.6) is 5.88 Å². The fourth-order valence-electron chi connectivity index (χ4n) is 1.27. The van der Waals surface area contributed by atoms with Gasteiger partial charge < -0.3 is 15.2 Å². The van der Waals surface area contributed by atoms with Gasteiger partial charge in [-0.2, -0.15) is 0 Å². The third-order valence-corrected chi connectivity index (χ3v) is 2.20. The Bertz CT molecular complexity index is 414. The zero-order chi connectivity index (χ0) is 14.3. The molecule has 0 aliphatic heterocycles. The monoisotopic (exact) mass is 274 g/mol. The second kappa shape index (κ2) is 7.63. The molecule has 1 aromatic rings. The minimum absolute atomic E-state index is 0.0246. The molecule has 106 valence electrons. The number of nitrogens with zero attached hydrogens (tertiary/aromatic N) is 1. The molecule has 0 aliphatic carbocycles. The van der Waals surface area contributed by atoms with Crippen molar-refractivity contribution in [3.8, 4) is 5.88 Å². The average Bonchev–Trinajstić information content (AvgIpc) is 2.36. The summed E-state index contributed by atoms with van der Waals surface area (Å²) in [5.74, 6) is -0.395. The number of pyridine rings is 1. The first kappa shape index (κ1) is 15.3. The molecule has 1 unspecified atom stereocenters. The molecule has 1 aromatic heterocycles. The first-order chi connectivity index (χ1) is 8.99. The summed E-state index contributed by atoms with van der Waals surface area (Å²) >= 11 is 0. The van der Waals surface area contributed by atoms with E-state index in [1.165, 1.54) is 18.3 Å². The van der Waals surface area contributed by atoms with Crippen LogP contribution in [0.3, 0.4) is 0 Å². The van der Waals surface area contributed by atoms with E-state index in [4.69, 9.17) is 9.84 Å². The number of hydrogen-bond donors (Lipinski definition) is 2. The van der Waals surface area contributed by atoms with Gasteiger partial charge in [-0.15, -0.1) is 0 Å². The third kappa shape index (κ3) is 6.10. The molecular weight excluding hydrogens is 258 g/mol. The van der Waals surface area contributed by atoms with Gasteiger partial charge in [-0.05, 0) is 19.4 Å². The molecule has 0 fully saturated rings. The first-order valence-electron chi connectivity index (χ1n) is 5.82. The van der Waals surface area contributed by atoms with Crippen LogP contribution < -0.4 is 10.1 Å². The number of aromatic nitrogens is 1. The molecule has 0 aromatic carbocycles. The van der Waals surface area contributed by atoms with Gasteiger partial charge >= 0.3 is 0 Å². The van der Waals surface area contributed by atoms with Crippen molar-refractivity contribution in [1.82, 2.24) is 10.3 Å². The number of ether oxygens (including phenoxy) is 1. The molecule has 7 heteroatoms. The number of amides is 1. The van der Waals surface area contributed by atoms with Crippen LogP contribution in [-0.4, -0.2) is 41.7 Å². The Morgan fingerprint density at radius 2 is 2.32 bits per heavy atom. The number of alkyl halides is 2. The molecule has 0 spiro atoms. The zero-order valence-electron chi connectivity index (χ0n) is 10.5. The topological polar surface area (TPSA) is 71.5 Å². The van der Waals surface area contributed by atoms with E-state index < -0.39 is 19.1 Å². The van der Waals surface area contributed by atoms with Crippen molar-refractivity contribution in [2.45, 2.75) is 25.9 Å². The van der Waals surface area contributed by atoms with Gasteiger partial charge in [0, 0.05) is 24.4 Å². The van der Waals surface area contributed by atoms with Crippen molar-refractivity contribution in [1.29, 1.82) is 0 Å². The zero-order valence-corrected chi connectivity index (χ0v) is 10.5. The molecule has 0 aliphatic rings. The highest BCUT2D eigenvalue weighted by Crippen LogP contribution is 2.10. The maximum absolute atomic E-state index is 12.0. The van der Waals surface area contributed by atoms with Crippen molar-refractivity contribution in [2.24, 2.45) is 0 Å². The normalized spacial score (nSPS) is 12.3. The number of aliphatic hydroxyl groups excluding tert-OH is 1. The molecule has 0 radical (unpaired) electrons. The minimum Gasteiger partial charge on any atom is -0.472 e. The number of halogens is 2. The summed E-state index contributed by atoms with van der Waals surface area (Å²) in [6.07, 6.45) is -1.34. The average molecular weight is 274 g/mol. The summed E-state index contributed by atoms with van der Waals surface area (Å²) in [6.45, 7) is 1.18. The van der Waals surface area contributed by atoms with E-state index in [2.05, 4.69) is 10.3 Å². The van der Waals surface area contributed by atoms with Gasteiger partial charge in [0.25, 0.3) is 12.3 Å². The smallest absolute Gasteiger partial charge is 0.272 e. The molecule has 5 nitrogen and oxygen atoms in total. The number of rotatable bonds is 7. The summed E-state index contributed by atoms with van der Waals surface area (Å²) in [6, 6.07) is 2.74. The molecular formula is C12H16F2N2O3. The number of nitrogens with one attached hydrogen (secondary N) is 1. The minimum atomic E-state index is -2.59. The molecule has 1 rings (SSSR count). The number of carbonyl (C=O) groups excluding carboxylic acids is 1. The molecule has 0 bridgehead atoms. The Morgan fingerprint density at radius 1 is 1.58 bits per heavy atom. The number of carbonyl (C=O) groups is 1. The van der Waals surface area contributed by atoms with E-state index in [1.54, 1.807) is 6.92 Å². The van der Waals surface area contributed by atoms with Crippen LogP contribution in [0.25, 0.3) is 0 Å². The Morgan fingerprint density at radius 3 is 2.95 bits per heavy atom. The highest BCUT2D eigenvalue weighted by Gasteiger charge is 2.09. The van der Waals surface area contributed by atoms with Gasteiger partial charge in [-0.25, -0.2) is 13.8 Å². The standard InChI is InChI=1S/C12H16F2N2O3/c1-8(17)2-4-16-12(18)9-3-5-15-11(6-9)19-7-10(13)14/h3,5-6,8,10,17H,2,4,7H2,1H3,(H,16,18). The molecule has 1 amide bonds. The van der Waals surface area contributed by atoms with Crippen molar-refractivity contribution in [3.63, 3.8) is 0 Å². The Balaban J connectivity index is 2.52. The van der Waals surface area contributed by atoms with Crippen LogP contribution in [0.4, 0.5) is 8.78 Å². The predicted octanol–water partition coefficient (Wildman–Crippen LogP) is 1.23. The lowest BCUT2D eigenvalue weighted by Crippen LogP contribution is -2.26. The van der Waals surface area contributed by atoms with E-state index >= 15 is 0 Å². The van der Waals surface area contributed by atoms with Gasteiger partial charge in [0.2, 0.25) is 5.88 Å². The Kier molecular flexibility index (Phi) is 6.14. The first-order valence-corrected chi connectivity index (χ1v) is 5.82. The predicted molar refractivity (Wildman–Crippen MR) is 64.4 cm³/mol. The Hall–Kier alpha value is -1.76. The van der Waals surface area contributed by atoms with E-state index in [0.29, 0.717) is 13.0 Å². The lowest BCUT2D eigenvalue weighted by molar-refractivity contribution is 0.0794. The molecule has 2 N–H and O–H groups in total. The van der Waals surface area contributed by atoms with Crippen LogP contribution in [0, 0.1) is 0 Å². The largest absolute Gasteiger partial charge is 0.472 e. The fraction of sp³-hybridized carbons (Fsp3) is 0.500. The van der Waals surface area contributed by atoms with Crippen molar-refractivity contribution in [3.05, 3.63) is 23.9 Å². The van der Waals surface area contributed by atoms with Crippen LogP contribution in [0.15, 0.2) is 18.3 Å². The lowest BCUT2D eigenvalue weighted by atomic mass is 10.2. The number of aliphatic hydroxyl groups is 1. The SMILES string of the molecule is CC(O)CCNC(=O)c1ccnc(OCC(F)F)c1. The van der Waals surface area contributed by atoms with Gasteiger partial charge in [0.1, 0.15) is 0 Å². The molecule has 0 saturated carbocycles. The highest BCUT2D eigenvalue weighted by molar-refractivity contribution is 5.94. The van der Waals surface area contributed by atoms with E-state index in [9.17, 15) is 13.6 Å². The lowest BCUT2D eigenvalue weighted by Gasteiger charge is -2.08. The molecule has 1 heterocycles. The third-order valence-electron chi connectivity index (χ3n) is 2.20. The van der Waals surface area contributed by atoms with E-state index in [0.717, 1.165) is 0 Å². The molecule has 19 heavy (non-hydrogen) atoms. The van der Waals surface area contributed by atoms with Gasteiger partial charge in [-0.3, -0.25) is 4.79 Å². The second-order valence-electron chi connectivity index (χ2n) is 3.98. The summed E-state index contributed by atoms with van der Waals surface area (Å²) in [5, 5.41) is 11.6. The second-order valence-corrected chi connectivity index (χ2v) is 3.98. The van der Waals surface area contributed by atoms with Gasteiger partial charge in [0.05, 0.1) is 6.10 Å². The van der Waals surface area contributed by atoms with Crippen molar-refractivity contribution < 1.29 is 23.4 Å².